The second kappa shape index (κ2) is 6.28. The third-order valence-corrected chi connectivity index (χ3v) is 4.15. The number of nitrogens with two attached hydrogens (primary N) is 1. The molecule has 0 saturated heterocycles. The highest BCUT2D eigenvalue weighted by Gasteiger charge is 2.12. The average molecular weight is 340 g/mol. The monoisotopic (exact) mass is 339 g/mol. The molecule has 20 heavy (non-hydrogen) atoms. The Kier molecular flexibility index (Phi) is 4.67. The average Bonchev–Trinajstić information content (AvgIpc) is 2.70. The van der Waals surface area contributed by atoms with Gasteiger partial charge in [0.15, 0.2) is 0 Å². The van der Waals surface area contributed by atoms with Gasteiger partial charge in [-0.3, -0.25) is 4.68 Å². The number of aromatic nitrogens is 2. The van der Waals surface area contributed by atoms with Gasteiger partial charge in [-0.15, -0.1) is 0 Å². The molecule has 0 spiro atoms. The summed E-state index contributed by atoms with van der Waals surface area (Å²) in [6.45, 7) is 2.79. The lowest BCUT2D eigenvalue weighted by atomic mass is 10.2. The fraction of sp³-hybridized carbons (Fsp3) is 0.357. The highest BCUT2D eigenvalue weighted by molar-refractivity contribution is 9.10. The Morgan fingerprint density at radius 3 is 2.70 bits per heavy atom. The van der Waals surface area contributed by atoms with Crippen LogP contribution in [0.1, 0.15) is 17.0 Å². The van der Waals surface area contributed by atoms with Gasteiger partial charge in [-0.05, 0) is 28.9 Å². The van der Waals surface area contributed by atoms with Gasteiger partial charge in [0.05, 0.1) is 23.0 Å². The van der Waals surface area contributed by atoms with Crippen molar-refractivity contribution in [3.05, 3.63) is 39.6 Å². The van der Waals surface area contributed by atoms with Gasteiger partial charge in [0.25, 0.3) is 0 Å². The summed E-state index contributed by atoms with van der Waals surface area (Å²) in [4.78, 5) is 0. The lowest BCUT2D eigenvalue weighted by Crippen LogP contribution is -2.06. The second-order valence-electron chi connectivity index (χ2n) is 4.44. The molecular weight excluding hydrogens is 322 g/mol. The van der Waals surface area contributed by atoms with E-state index in [4.69, 9.17) is 15.2 Å². The van der Waals surface area contributed by atoms with Crippen molar-refractivity contribution in [3.63, 3.8) is 0 Å². The van der Waals surface area contributed by atoms with Crippen molar-refractivity contribution in [2.45, 2.75) is 20.1 Å². The predicted octanol–water partition coefficient (Wildman–Crippen LogP) is 2.54. The van der Waals surface area contributed by atoms with Gasteiger partial charge >= 0.3 is 0 Å². The van der Waals surface area contributed by atoms with Crippen LogP contribution in [0.15, 0.2) is 22.7 Å². The van der Waals surface area contributed by atoms with Gasteiger partial charge in [-0.25, -0.2) is 0 Å². The van der Waals surface area contributed by atoms with Crippen molar-refractivity contribution in [2.24, 2.45) is 12.8 Å². The van der Waals surface area contributed by atoms with E-state index in [1.165, 1.54) is 0 Å². The van der Waals surface area contributed by atoms with Crippen LogP contribution < -0.4 is 15.2 Å². The molecule has 5 nitrogen and oxygen atoms in total. The van der Waals surface area contributed by atoms with Crippen molar-refractivity contribution < 1.29 is 9.47 Å². The van der Waals surface area contributed by atoms with Crippen LogP contribution in [0, 0.1) is 6.92 Å². The van der Waals surface area contributed by atoms with Gasteiger partial charge in [-0.1, -0.05) is 6.07 Å². The predicted molar refractivity (Wildman–Crippen MR) is 80.9 cm³/mol. The second-order valence-corrected chi connectivity index (χ2v) is 5.23. The molecule has 108 valence electrons. The summed E-state index contributed by atoms with van der Waals surface area (Å²) >= 11 is 3.53. The normalized spacial score (nSPS) is 10.7. The van der Waals surface area contributed by atoms with Crippen LogP contribution in [-0.4, -0.2) is 16.9 Å². The number of hydrogen-bond donors (Lipinski definition) is 1. The fourth-order valence-corrected chi connectivity index (χ4v) is 2.40. The SMILES string of the molecule is COc1ccc(CN)c(OCc2c(Br)c(C)nn2C)c1. The zero-order chi connectivity index (χ0) is 14.7. The molecule has 1 heterocycles. The molecule has 0 aliphatic carbocycles. The molecule has 0 unspecified atom stereocenters. The summed E-state index contributed by atoms with van der Waals surface area (Å²) in [6, 6.07) is 5.64. The van der Waals surface area contributed by atoms with Crippen molar-refractivity contribution in [1.29, 1.82) is 0 Å². The number of rotatable bonds is 5. The number of nitrogens with zero attached hydrogens (tertiary/aromatic N) is 2. The molecule has 1 aromatic carbocycles. The van der Waals surface area contributed by atoms with E-state index in [0.29, 0.717) is 13.2 Å². The molecule has 0 aliphatic heterocycles. The Morgan fingerprint density at radius 2 is 2.15 bits per heavy atom. The Morgan fingerprint density at radius 1 is 1.40 bits per heavy atom. The Bertz CT molecular complexity index is 611. The van der Waals surface area contributed by atoms with E-state index >= 15 is 0 Å². The third kappa shape index (κ3) is 2.96. The highest BCUT2D eigenvalue weighted by atomic mass is 79.9. The number of aryl methyl sites for hydroxylation is 2. The molecule has 0 radical (unpaired) electrons. The summed E-state index contributed by atoms with van der Waals surface area (Å²) in [5, 5.41) is 4.34. The summed E-state index contributed by atoms with van der Waals surface area (Å²) in [5.74, 6) is 1.48. The Hall–Kier alpha value is -1.53. The standard InChI is InChI=1S/C14H18BrN3O2/c1-9-14(15)12(18(2)17-9)8-20-13-6-11(19-3)5-4-10(13)7-16/h4-6H,7-8,16H2,1-3H3. The number of ether oxygens (including phenoxy) is 2. The first kappa shape index (κ1) is 14.9. The molecule has 6 heteroatoms. The lowest BCUT2D eigenvalue weighted by molar-refractivity contribution is 0.289. The highest BCUT2D eigenvalue weighted by Crippen LogP contribution is 2.27. The zero-order valence-electron chi connectivity index (χ0n) is 11.8. The van der Waals surface area contributed by atoms with E-state index in [1.807, 2.05) is 36.9 Å². The van der Waals surface area contributed by atoms with E-state index in [0.717, 1.165) is 32.9 Å². The minimum atomic E-state index is 0.415. The first-order chi connectivity index (χ1) is 9.56. The molecule has 0 fully saturated rings. The molecule has 0 bridgehead atoms. The van der Waals surface area contributed by atoms with Crippen LogP contribution in [0.3, 0.4) is 0 Å². The van der Waals surface area contributed by atoms with Gasteiger partial charge in [-0.2, -0.15) is 5.10 Å². The molecular formula is C14H18BrN3O2. The number of benzene rings is 1. The van der Waals surface area contributed by atoms with Gasteiger partial charge in [0.1, 0.15) is 18.1 Å². The van der Waals surface area contributed by atoms with Crippen LogP contribution in [0.2, 0.25) is 0 Å². The van der Waals surface area contributed by atoms with E-state index in [1.54, 1.807) is 7.11 Å². The maximum Gasteiger partial charge on any atom is 0.131 e. The summed E-state index contributed by atoms with van der Waals surface area (Å²) in [6.07, 6.45) is 0. The van der Waals surface area contributed by atoms with E-state index in [-0.39, 0.29) is 0 Å². The molecule has 0 atom stereocenters. The minimum absolute atomic E-state index is 0.415. The Balaban J connectivity index is 2.21. The van der Waals surface area contributed by atoms with Crippen LogP contribution in [0.5, 0.6) is 11.5 Å². The molecule has 0 saturated carbocycles. The first-order valence-electron chi connectivity index (χ1n) is 6.24. The molecule has 2 aromatic rings. The minimum Gasteiger partial charge on any atom is -0.497 e. The molecule has 2 rings (SSSR count). The van der Waals surface area contributed by atoms with Crippen molar-refractivity contribution in [3.8, 4) is 11.5 Å². The Labute approximate surface area is 126 Å². The van der Waals surface area contributed by atoms with Crippen molar-refractivity contribution >= 4 is 15.9 Å². The van der Waals surface area contributed by atoms with Gasteiger partial charge in [0.2, 0.25) is 0 Å². The number of halogens is 1. The molecule has 0 aliphatic rings. The fourth-order valence-electron chi connectivity index (χ4n) is 1.95. The summed E-state index contributed by atoms with van der Waals surface area (Å²) < 4.78 is 13.9. The quantitative estimate of drug-likeness (QED) is 0.909. The van der Waals surface area contributed by atoms with Crippen LogP contribution in [-0.2, 0) is 20.2 Å². The molecule has 0 amide bonds. The van der Waals surface area contributed by atoms with Crippen molar-refractivity contribution in [2.75, 3.05) is 7.11 Å². The number of methoxy groups -OCH3 is 1. The van der Waals surface area contributed by atoms with Crippen LogP contribution in [0.4, 0.5) is 0 Å². The van der Waals surface area contributed by atoms with Crippen molar-refractivity contribution in [1.82, 2.24) is 9.78 Å². The maximum absolute atomic E-state index is 5.88. The first-order valence-corrected chi connectivity index (χ1v) is 7.03. The molecule has 2 N–H and O–H groups in total. The van der Waals surface area contributed by atoms with E-state index < -0.39 is 0 Å². The van der Waals surface area contributed by atoms with Gasteiger partial charge in [0, 0.05) is 25.2 Å². The zero-order valence-corrected chi connectivity index (χ0v) is 13.4. The topological polar surface area (TPSA) is 62.3 Å². The summed E-state index contributed by atoms with van der Waals surface area (Å²) in [5.41, 5.74) is 8.59. The lowest BCUT2D eigenvalue weighted by Gasteiger charge is -2.12. The number of hydrogen-bond acceptors (Lipinski definition) is 4. The summed E-state index contributed by atoms with van der Waals surface area (Å²) in [7, 11) is 3.52. The third-order valence-electron chi connectivity index (χ3n) is 3.12. The van der Waals surface area contributed by atoms with E-state index in [9.17, 15) is 0 Å². The molecule has 1 aromatic heterocycles. The van der Waals surface area contributed by atoms with E-state index in [2.05, 4.69) is 21.0 Å². The smallest absolute Gasteiger partial charge is 0.131 e. The maximum atomic E-state index is 5.88. The largest absolute Gasteiger partial charge is 0.497 e. The van der Waals surface area contributed by atoms with Crippen LogP contribution >= 0.6 is 15.9 Å². The van der Waals surface area contributed by atoms with Crippen LogP contribution in [0.25, 0.3) is 0 Å². The van der Waals surface area contributed by atoms with Gasteiger partial charge < -0.3 is 15.2 Å².